The number of ether oxygens (including phenoxy) is 1. The molecule has 0 aromatic heterocycles. The third kappa shape index (κ3) is 3.30. The third-order valence-corrected chi connectivity index (χ3v) is 5.69. The Balaban J connectivity index is 0.00000116. The van der Waals surface area contributed by atoms with E-state index >= 15 is 0 Å². The molecule has 0 aliphatic carbocycles. The lowest BCUT2D eigenvalue weighted by Gasteiger charge is -2.35. The van der Waals surface area contributed by atoms with Crippen LogP contribution in [0.5, 0.6) is 5.75 Å². The van der Waals surface area contributed by atoms with Gasteiger partial charge >= 0.3 is 0 Å². The van der Waals surface area contributed by atoms with Crippen LogP contribution in [0.25, 0.3) is 0 Å². The first-order valence-electron chi connectivity index (χ1n) is 7.73. The number of hydrogen-bond acceptors (Lipinski definition) is 4. The molecule has 1 aromatic carbocycles. The molecule has 0 fully saturated rings. The van der Waals surface area contributed by atoms with Crippen LogP contribution in [-0.4, -0.2) is 21.1 Å². The van der Waals surface area contributed by atoms with Crippen molar-refractivity contribution in [1.29, 1.82) is 0 Å². The lowest BCUT2D eigenvalue weighted by Crippen LogP contribution is -2.34. The van der Waals surface area contributed by atoms with Gasteiger partial charge in [0.1, 0.15) is 16.2 Å². The lowest BCUT2D eigenvalue weighted by molar-refractivity contribution is 0.0831. The molecular weight excluding hydrogens is 300 g/mol. The van der Waals surface area contributed by atoms with Gasteiger partial charge in [-0.05, 0) is 69.7 Å². The minimum Gasteiger partial charge on any atom is -0.487 e. The molecule has 1 heterocycles. The summed E-state index contributed by atoms with van der Waals surface area (Å²) in [5.41, 5.74) is 3.12. The van der Waals surface area contributed by atoms with Gasteiger partial charge in [-0.3, -0.25) is 4.18 Å². The fourth-order valence-corrected chi connectivity index (χ4v) is 4.00. The molecule has 2 rings (SSSR count). The van der Waals surface area contributed by atoms with E-state index in [2.05, 4.69) is 13.8 Å². The largest absolute Gasteiger partial charge is 0.487 e. The fraction of sp³-hybridized carbons (Fsp3) is 0.647. The normalized spacial score (nSPS) is 16.2. The van der Waals surface area contributed by atoms with E-state index in [-0.39, 0.29) is 5.60 Å². The maximum Gasteiger partial charge on any atom is 0.297 e. The summed E-state index contributed by atoms with van der Waals surface area (Å²) in [5, 5.41) is 0. The number of rotatable bonds is 2. The number of benzene rings is 1. The first-order valence-corrected chi connectivity index (χ1v) is 9.14. The van der Waals surface area contributed by atoms with Gasteiger partial charge in [-0.2, -0.15) is 8.42 Å². The Morgan fingerprint density at radius 1 is 1.05 bits per heavy atom. The summed E-state index contributed by atoms with van der Waals surface area (Å²) < 4.78 is 35.1. The average Bonchev–Trinajstić information content (AvgIpc) is 2.46. The monoisotopic (exact) mass is 328 g/mol. The Morgan fingerprint density at radius 2 is 1.59 bits per heavy atom. The molecule has 0 radical (unpaired) electrons. The van der Waals surface area contributed by atoms with Crippen LogP contribution in [0.15, 0.2) is 4.90 Å². The van der Waals surface area contributed by atoms with Crippen LogP contribution in [0.4, 0.5) is 0 Å². The maximum atomic E-state index is 12.1. The van der Waals surface area contributed by atoms with Crippen LogP contribution in [0.1, 0.15) is 56.4 Å². The zero-order chi connectivity index (χ0) is 17.3. The SMILES string of the molecule is CC.COS(=O)(=O)c1c(C)c(C)c2c(c1C)CCC(C)(C)O2. The van der Waals surface area contributed by atoms with Gasteiger partial charge in [0.05, 0.1) is 7.11 Å². The minimum absolute atomic E-state index is 0.210. The first-order chi connectivity index (χ1) is 10.1. The van der Waals surface area contributed by atoms with Crippen molar-refractivity contribution in [2.24, 2.45) is 0 Å². The molecule has 1 aromatic rings. The Morgan fingerprint density at radius 3 is 2.09 bits per heavy atom. The highest BCUT2D eigenvalue weighted by Gasteiger charge is 2.33. The van der Waals surface area contributed by atoms with Crippen LogP contribution >= 0.6 is 0 Å². The van der Waals surface area contributed by atoms with E-state index in [4.69, 9.17) is 8.92 Å². The molecule has 0 saturated carbocycles. The van der Waals surface area contributed by atoms with Crippen LogP contribution in [0.3, 0.4) is 0 Å². The summed E-state index contributed by atoms with van der Waals surface area (Å²) >= 11 is 0. The predicted molar refractivity (Wildman–Crippen MR) is 89.2 cm³/mol. The van der Waals surface area contributed by atoms with Crippen LogP contribution in [0, 0.1) is 20.8 Å². The van der Waals surface area contributed by atoms with E-state index in [1.807, 2.05) is 27.7 Å². The second kappa shape index (κ2) is 6.59. The molecule has 126 valence electrons. The third-order valence-electron chi connectivity index (χ3n) is 4.14. The summed E-state index contributed by atoms with van der Waals surface area (Å²) in [7, 11) is -2.50. The highest BCUT2D eigenvalue weighted by Crippen LogP contribution is 2.42. The molecule has 0 bridgehead atoms. The van der Waals surface area contributed by atoms with E-state index in [1.165, 1.54) is 7.11 Å². The smallest absolute Gasteiger partial charge is 0.297 e. The Hall–Kier alpha value is -1.07. The second-order valence-electron chi connectivity index (χ2n) is 5.99. The molecule has 0 atom stereocenters. The molecule has 0 amide bonds. The van der Waals surface area contributed by atoms with Gasteiger partial charge in [-0.25, -0.2) is 0 Å². The van der Waals surface area contributed by atoms with E-state index in [9.17, 15) is 8.42 Å². The van der Waals surface area contributed by atoms with Crippen molar-refractivity contribution < 1.29 is 17.3 Å². The molecule has 5 heteroatoms. The van der Waals surface area contributed by atoms with Gasteiger partial charge in [0.25, 0.3) is 10.1 Å². The number of fused-ring (bicyclic) bond motifs is 1. The maximum absolute atomic E-state index is 12.1. The number of hydrogen-bond donors (Lipinski definition) is 0. The van der Waals surface area contributed by atoms with Crippen molar-refractivity contribution in [1.82, 2.24) is 0 Å². The topological polar surface area (TPSA) is 52.6 Å². The van der Waals surface area contributed by atoms with Gasteiger partial charge < -0.3 is 4.74 Å². The van der Waals surface area contributed by atoms with Crippen molar-refractivity contribution in [2.45, 2.75) is 71.8 Å². The molecular formula is C17H28O4S. The average molecular weight is 328 g/mol. The summed E-state index contributed by atoms with van der Waals surface area (Å²) in [5.74, 6) is 0.839. The summed E-state index contributed by atoms with van der Waals surface area (Å²) in [6.07, 6.45) is 1.69. The quantitative estimate of drug-likeness (QED) is 0.768. The lowest BCUT2D eigenvalue weighted by atomic mass is 9.88. The predicted octanol–water partition coefficient (Wildman–Crippen LogP) is 4.08. The van der Waals surface area contributed by atoms with E-state index in [0.717, 1.165) is 35.3 Å². The van der Waals surface area contributed by atoms with Crippen LogP contribution in [0.2, 0.25) is 0 Å². The second-order valence-corrected chi connectivity index (χ2v) is 7.64. The van der Waals surface area contributed by atoms with Crippen molar-refractivity contribution in [2.75, 3.05) is 7.11 Å². The summed E-state index contributed by atoms with van der Waals surface area (Å²) in [6, 6.07) is 0. The van der Waals surface area contributed by atoms with Gasteiger partial charge in [0.2, 0.25) is 0 Å². The molecule has 1 aliphatic rings. The molecule has 0 N–H and O–H groups in total. The Bertz CT molecular complexity index is 658. The van der Waals surface area contributed by atoms with Gasteiger partial charge in [-0.15, -0.1) is 0 Å². The summed E-state index contributed by atoms with van der Waals surface area (Å²) in [4.78, 5) is 0.291. The van der Waals surface area contributed by atoms with Crippen LogP contribution < -0.4 is 4.74 Å². The van der Waals surface area contributed by atoms with Crippen molar-refractivity contribution in [3.8, 4) is 5.75 Å². The fourth-order valence-electron chi connectivity index (χ4n) is 2.81. The van der Waals surface area contributed by atoms with Crippen molar-refractivity contribution >= 4 is 10.1 Å². The molecule has 4 nitrogen and oxygen atoms in total. The molecule has 0 saturated heterocycles. The molecule has 0 unspecified atom stereocenters. The molecule has 1 aliphatic heterocycles. The molecule has 0 spiro atoms. The zero-order valence-electron chi connectivity index (χ0n) is 15.0. The minimum atomic E-state index is -3.70. The van der Waals surface area contributed by atoms with E-state index in [1.54, 1.807) is 6.92 Å². The zero-order valence-corrected chi connectivity index (χ0v) is 15.8. The van der Waals surface area contributed by atoms with Crippen molar-refractivity contribution in [3.63, 3.8) is 0 Å². The highest BCUT2D eigenvalue weighted by atomic mass is 32.2. The van der Waals surface area contributed by atoms with Gasteiger partial charge in [-0.1, -0.05) is 13.8 Å². The van der Waals surface area contributed by atoms with Crippen LogP contribution in [-0.2, 0) is 20.7 Å². The van der Waals surface area contributed by atoms with Gasteiger partial charge in [0, 0.05) is 0 Å². The first kappa shape index (κ1) is 19.0. The highest BCUT2D eigenvalue weighted by molar-refractivity contribution is 7.86. The standard InChI is InChI=1S/C15H22O4S.C2H6/c1-9-10(2)14(20(16,17)18-6)11(3)12-7-8-15(4,5)19-13(9)12;1-2/h7-8H2,1-6H3;1-2H3. The van der Waals surface area contributed by atoms with Crippen molar-refractivity contribution in [3.05, 3.63) is 22.3 Å². The van der Waals surface area contributed by atoms with E-state index in [0.29, 0.717) is 10.5 Å². The molecule has 22 heavy (non-hydrogen) atoms. The summed E-state index contributed by atoms with van der Waals surface area (Å²) in [6.45, 7) is 13.7. The van der Waals surface area contributed by atoms with Gasteiger partial charge in [0.15, 0.2) is 0 Å². The van der Waals surface area contributed by atoms with E-state index < -0.39 is 10.1 Å². The Kier molecular flexibility index (Phi) is 5.68. The Labute approximate surface area is 135 Å².